The van der Waals surface area contributed by atoms with Crippen LogP contribution in [0.15, 0.2) is 30.3 Å². The van der Waals surface area contributed by atoms with E-state index in [4.69, 9.17) is 0 Å². The summed E-state index contributed by atoms with van der Waals surface area (Å²) in [6.07, 6.45) is 0.842. The molecule has 2 aromatic rings. The van der Waals surface area contributed by atoms with Gasteiger partial charge in [0.25, 0.3) is 5.91 Å². The topological polar surface area (TPSA) is 33.2 Å². The zero-order valence-electron chi connectivity index (χ0n) is 11.5. The number of thiophene rings is 1. The number of nitrogens with zero attached hydrogens (tertiary/aromatic N) is 2. The Morgan fingerprint density at radius 3 is 2.74 bits per heavy atom. The molecule has 2 heterocycles. The van der Waals surface area contributed by atoms with E-state index in [1.165, 1.54) is 9.75 Å². The number of rotatable bonds is 4. The van der Waals surface area contributed by atoms with Crippen LogP contribution in [-0.2, 0) is 13.0 Å². The van der Waals surface area contributed by atoms with Crippen LogP contribution < -0.4 is 0 Å². The first kappa shape index (κ1) is 13.7. The summed E-state index contributed by atoms with van der Waals surface area (Å²) in [6, 6.07) is 9.76. The summed E-state index contributed by atoms with van der Waals surface area (Å²) in [5.74, 6) is -0.0265. The van der Waals surface area contributed by atoms with Gasteiger partial charge in [0, 0.05) is 22.5 Å². The van der Waals surface area contributed by atoms with Crippen molar-refractivity contribution in [2.24, 2.45) is 0 Å². The van der Waals surface area contributed by atoms with Gasteiger partial charge in [-0.25, -0.2) is 4.98 Å². The van der Waals surface area contributed by atoms with Crippen molar-refractivity contribution in [2.75, 3.05) is 7.05 Å². The van der Waals surface area contributed by atoms with E-state index in [-0.39, 0.29) is 5.91 Å². The molecule has 0 bridgehead atoms. The lowest BCUT2D eigenvalue weighted by molar-refractivity contribution is 0.0780. The summed E-state index contributed by atoms with van der Waals surface area (Å²) < 4.78 is 0. The molecule has 0 spiro atoms. The van der Waals surface area contributed by atoms with Crippen LogP contribution in [0.5, 0.6) is 0 Å². The summed E-state index contributed by atoms with van der Waals surface area (Å²) in [5.41, 5.74) is 1.47. The number of carbonyl (C=O) groups is 1. The lowest BCUT2D eigenvalue weighted by Gasteiger charge is -2.16. The van der Waals surface area contributed by atoms with E-state index in [1.54, 1.807) is 22.3 Å². The highest BCUT2D eigenvalue weighted by Gasteiger charge is 2.14. The molecule has 0 saturated heterocycles. The van der Waals surface area contributed by atoms with Gasteiger partial charge < -0.3 is 4.90 Å². The van der Waals surface area contributed by atoms with E-state index in [2.05, 4.69) is 24.0 Å². The van der Waals surface area contributed by atoms with Gasteiger partial charge in [0.15, 0.2) is 0 Å². The van der Waals surface area contributed by atoms with Gasteiger partial charge in [0.1, 0.15) is 5.69 Å². The van der Waals surface area contributed by atoms with E-state index in [1.807, 2.05) is 26.1 Å². The normalized spacial score (nSPS) is 10.5. The molecule has 1 amide bonds. The molecule has 19 heavy (non-hydrogen) atoms. The first-order valence-corrected chi connectivity index (χ1v) is 7.18. The van der Waals surface area contributed by atoms with E-state index < -0.39 is 0 Å². The van der Waals surface area contributed by atoms with Crippen LogP contribution in [-0.4, -0.2) is 22.8 Å². The molecule has 0 saturated carbocycles. The van der Waals surface area contributed by atoms with Crippen molar-refractivity contribution in [1.29, 1.82) is 0 Å². The second-order valence-corrected chi connectivity index (χ2v) is 5.91. The molecule has 100 valence electrons. The van der Waals surface area contributed by atoms with Gasteiger partial charge in [0.2, 0.25) is 0 Å². The second kappa shape index (κ2) is 5.97. The largest absolute Gasteiger partial charge is 0.335 e. The molecule has 0 aromatic carbocycles. The zero-order valence-corrected chi connectivity index (χ0v) is 12.3. The molecule has 0 aliphatic heterocycles. The van der Waals surface area contributed by atoms with Crippen molar-refractivity contribution in [3.8, 4) is 0 Å². The summed E-state index contributed by atoms with van der Waals surface area (Å²) in [6.45, 7) is 4.74. The highest BCUT2D eigenvalue weighted by atomic mass is 32.1. The van der Waals surface area contributed by atoms with Crippen LogP contribution in [0.3, 0.4) is 0 Å². The lowest BCUT2D eigenvalue weighted by Crippen LogP contribution is -2.26. The number of carbonyl (C=O) groups excluding carboxylic acids is 1. The Hall–Kier alpha value is -1.68. The third-order valence-electron chi connectivity index (χ3n) is 2.92. The van der Waals surface area contributed by atoms with Gasteiger partial charge in [-0.15, -0.1) is 11.3 Å². The Morgan fingerprint density at radius 2 is 2.11 bits per heavy atom. The van der Waals surface area contributed by atoms with E-state index in [0.717, 1.165) is 12.1 Å². The van der Waals surface area contributed by atoms with Crippen molar-refractivity contribution in [2.45, 2.75) is 26.8 Å². The maximum Gasteiger partial charge on any atom is 0.272 e. The van der Waals surface area contributed by atoms with Crippen LogP contribution in [0, 0.1) is 6.92 Å². The molecule has 0 N–H and O–H groups in total. The van der Waals surface area contributed by atoms with Crippen molar-refractivity contribution in [1.82, 2.24) is 9.88 Å². The highest BCUT2D eigenvalue weighted by molar-refractivity contribution is 7.11. The van der Waals surface area contributed by atoms with Crippen molar-refractivity contribution < 1.29 is 4.79 Å². The molecular formula is C15H18N2OS. The first-order valence-electron chi connectivity index (χ1n) is 6.37. The number of amides is 1. The molecule has 3 nitrogen and oxygen atoms in total. The Bertz CT molecular complexity index is 577. The molecule has 0 fully saturated rings. The number of pyridine rings is 1. The Kier molecular flexibility index (Phi) is 4.32. The van der Waals surface area contributed by atoms with Gasteiger partial charge >= 0.3 is 0 Å². The molecule has 4 heteroatoms. The molecule has 0 aliphatic rings. The van der Waals surface area contributed by atoms with E-state index in [0.29, 0.717) is 12.2 Å². The van der Waals surface area contributed by atoms with Crippen molar-refractivity contribution >= 4 is 17.2 Å². The van der Waals surface area contributed by atoms with Gasteiger partial charge in [0.05, 0.1) is 6.54 Å². The first-order chi connectivity index (χ1) is 9.10. The van der Waals surface area contributed by atoms with Crippen LogP contribution in [0.2, 0.25) is 0 Å². The average molecular weight is 274 g/mol. The number of hydrogen-bond donors (Lipinski definition) is 0. The molecule has 0 radical (unpaired) electrons. The average Bonchev–Trinajstić information content (AvgIpc) is 2.83. The summed E-state index contributed by atoms with van der Waals surface area (Å²) in [5, 5.41) is 0. The van der Waals surface area contributed by atoms with Gasteiger partial charge in [-0.05, 0) is 37.6 Å². The standard InChI is InChI=1S/C15H18N2OS/c1-4-12-6-5-7-14(16-12)15(18)17(3)10-13-9-8-11(2)19-13/h5-9H,4,10H2,1-3H3. The monoisotopic (exact) mass is 274 g/mol. The smallest absolute Gasteiger partial charge is 0.272 e. The quantitative estimate of drug-likeness (QED) is 0.857. The minimum absolute atomic E-state index is 0.0265. The van der Waals surface area contributed by atoms with Gasteiger partial charge in [-0.2, -0.15) is 0 Å². The molecule has 2 rings (SSSR count). The SMILES string of the molecule is CCc1cccc(C(=O)N(C)Cc2ccc(C)s2)n1. The van der Waals surface area contributed by atoms with E-state index >= 15 is 0 Å². The van der Waals surface area contributed by atoms with Crippen molar-refractivity contribution in [3.63, 3.8) is 0 Å². The van der Waals surface area contributed by atoms with Crippen LogP contribution in [0.1, 0.15) is 32.9 Å². The van der Waals surface area contributed by atoms with Crippen LogP contribution in [0.4, 0.5) is 0 Å². The van der Waals surface area contributed by atoms with Crippen LogP contribution >= 0.6 is 11.3 Å². The summed E-state index contributed by atoms with van der Waals surface area (Å²) >= 11 is 1.72. The maximum atomic E-state index is 12.3. The fraction of sp³-hybridized carbons (Fsp3) is 0.333. The predicted molar refractivity (Wildman–Crippen MR) is 78.5 cm³/mol. The van der Waals surface area contributed by atoms with Gasteiger partial charge in [-0.3, -0.25) is 4.79 Å². The number of aryl methyl sites for hydroxylation is 2. The minimum atomic E-state index is -0.0265. The van der Waals surface area contributed by atoms with Crippen molar-refractivity contribution in [3.05, 3.63) is 51.5 Å². The maximum absolute atomic E-state index is 12.3. The molecular weight excluding hydrogens is 256 g/mol. The second-order valence-electron chi connectivity index (χ2n) is 4.54. The zero-order chi connectivity index (χ0) is 13.8. The third-order valence-corrected chi connectivity index (χ3v) is 3.91. The van der Waals surface area contributed by atoms with E-state index in [9.17, 15) is 4.79 Å². The Labute approximate surface area is 117 Å². The third kappa shape index (κ3) is 3.41. The Balaban J connectivity index is 2.09. The Morgan fingerprint density at radius 1 is 1.32 bits per heavy atom. The van der Waals surface area contributed by atoms with Crippen LogP contribution in [0.25, 0.3) is 0 Å². The molecule has 2 aromatic heterocycles. The minimum Gasteiger partial charge on any atom is -0.335 e. The predicted octanol–water partition coefficient (Wildman–Crippen LogP) is 3.29. The fourth-order valence-corrected chi connectivity index (χ4v) is 2.81. The number of aromatic nitrogens is 1. The summed E-state index contributed by atoms with van der Waals surface area (Å²) in [7, 11) is 1.82. The van der Waals surface area contributed by atoms with Gasteiger partial charge in [-0.1, -0.05) is 13.0 Å². The number of hydrogen-bond acceptors (Lipinski definition) is 3. The molecule has 0 unspecified atom stereocenters. The fourth-order valence-electron chi connectivity index (χ4n) is 1.87. The lowest BCUT2D eigenvalue weighted by atomic mass is 10.2. The highest BCUT2D eigenvalue weighted by Crippen LogP contribution is 2.17. The summed E-state index contributed by atoms with van der Waals surface area (Å²) in [4.78, 5) is 20.8. The molecule has 0 atom stereocenters. The molecule has 0 aliphatic carbocycles.